The number of ether oxygens (including phenoxy) is 3. The second-order valence-electron chi connectivity index (χ2n) is 4.61. The summed E-state index contributed by atoms with van der Waals surface area (Å²) in [6, 6.07) is 7.53. The minimum Gasteiger partial charge on any atom is -0.460 e. The fourth-order valence-electron chi connectivity index (χ4n) is 1.88. The third kappa shape index (κ3) is 7.22. The van der Waals surface area contributed by atoms with Crippen LogP contribution in [-0.4, -0.2) is 53.1 Å². The van der Waals surface area contributed by atoms with Crippen LogP contribution in [0.15, 0.2) is 24.3 Å². The van der Waals surface area contributed by atoms with Gasteiger partial charge in [-0.3, -0.25) is 0 Å². The minimum absolute atomic E-state index is 0.270. The number of rotatable bonds is 11. The van der Waals surface area contributed by atoms with Crippen LogP contribution in [0, 0.1) is 0 Å². The highest BCUT2D eigenvalue weighted by Gasteiger charge is 2.11. The van der Waals surface area contributed by atoms with E-state index in [0.717, 1.165) is 24.9 Å². The highest BCUT2D eigenvalue weighted by atomic mass is 16.6. The number of benzene rings is 1. The van der Waals surface area contributed by atoms with E-state index in [-0.39, 0.29) is 12.6 Å². The molecule has 0 unspecified atom stereocenters. The van der Waals surface area contributed by atoms with Gasteiger partial charge in [0.05, 0.1) is 12.2 Å². The lowest BCUT2D eigenvalue weighted by molar-refractivity contribution is 0.0287. The Labute approximate surface area is 126 Å². The van der Waals surface area contributed by atoms with Gasteiger partial charge in [0.1, 0.15) is 6.61 Å². The summed E-state index contributed by atoms with van der Waals surface area (Å²) < 4.78 is 15.5. The Bertz CT molecular complexity index is 409. The van der Waals surface area contributed by atoms with Crippen molar-refractivity contribution in [3.05, 3.63) is 35.4 Å². The molecule has 118 valence electrons. The SMILES string of the molecule is CNCCc1ccccc1C(=O)OCCOCCCOC. The summed E-state index contributed by atoms with van der Waals surface area (Å²) >= 11 is 0. The molecular weight excluding hydrogens is 270 g/mol. The van der Waals surface area contributed by atoms with Crippen molar-refractivity contribution in [1.82, 2.24) is 5.32 Å². The van der Waals surface area contributed by atoms with Crippen molar-refractivity contribution >= 4 is 5.97 Å². The van der Waals surface area contributed by atoms with E-state index in [9.17, 15) is 4.79 Å². The Kier molecular flexibility index (Phi) is 9.44. The predicted molar refractivity (Wildman–Crippen MR) is 81.7 cm³/mol. The lowest BCUT2D eigenvalue weighted by atomic mass is 10.0. The van der Waals surface area contributed by atoms with Crippen molar-refractivity contribution in [3.8, 4) is 0 Å². The normalized spacial score (nSPS) is 10.6. The molecule has 0 aliphatic carbocycles. The van der Waals surface area contributed by atoms with E-state index in [4.69, 9.17) is 14.2 Å². The Morgan fingerprint density at radius 1 is 1.14 bits per heavy atom. The van der Waals surface area contributed by atoms with Gasteiger partial charge in [-0.05, 0) is 38.1 Å². The van der Waals surface area contributed by atoms with Crippen molar-refractivity contribution in [2.75, 3.05) is 47.1 Å². The number of hydrogen-bond acceptors (Lipinski definition) is 5. The average molecular weight is 295 g/mol. The summed E-state index contributed by atoms with van der Waals surface area (Å²) in [5.74, 6) is -0.290. The number of methoxy groups -OCH3 is 1. The van der Waals surface area contributed by atoms with Gasteiger partial charge in [0.15, 0.2) is 0 Å². The number of carbonyl (C=O) groups excluding carboxylic acids is 1. The molecule has 1 rings (SSSR count). The molecule has 0 saturated heterocycles. The van der Waals surface area contributed by atoms with Crippen LogP contribution >= 0.6 is 0 Å². The monoisotopic (exact) mass is 295 g/mol. The molecule has 5 nitrogen and oxygen atoms in total. The Morgan fingerprint density at radius 3 is 2.71 bits per heavy atom. The quantitative estimate of drug-likeness (QED) is 0.497. The molecule has 1 aromatic carbocycles. The Morgan fingerprint density at radius 2 is 1.95 bits per heavy atom. The van der Waals surface area contributed by atoms with E-state index in [1.807, 2.05) is 25.2 Å². The van der Waals surface area contributed by atoms with Gasteiger partial charge in [0.25, 0.3) is 0 Å². The first kappa shape index (κ1) is 17.6. The first-order valence-corrected chi connectivity index (χ1v) is 7.26. The zero-order valence-corrected chi connectivity index (χ0v) is 12.9. The summed E-state index contributed by atoms with van der Waals surface area (Å²) in [7, 11) is 3.55. The Hall–Kier alpha value is -1.43. The van der Waals surface area contributed by atoms with Crippen molar-refractivity contribution in [1.29, 1.82) is 0 Å². The molecule has 0 heterocycles. The number of nitrogens with one attached hydrogen (secondary N) is 1. The van der Waals surface area contributed by atoms with Crippen molar-refractivity contribution < 1.29 is 19.0 Å². The largest absolute Gasteiger partial charge is 0.460 e. The molecule has 0 atom stereocenters. The lowest BCUT2D eigenvalue weighted by Gasteiger charge is -2.10. The van der Waals surface area contributed by atoms with E-state index in [1.165, 1.54) is 0 Å². The van der Waals surface area contributed by atoms with Gasteiger partial charge in [-0.2, -0.15) is 0 Å². The molecule has 0 amide bonds. The van der Waals surface area contributed by atoms with Gasteiger partial charge in [0, 0.05) is 20.3 Å². The van der Waals surface area contributed by atoms with Gasteiger partial charge >= 0.3 is 5.97 Å². The average Bonchev–Trinajstić information content (AvgIpc) is 2.52. The molecule has 0 bridgehead atoms. The van der Waals surface area contributed by atoms with Crippen LogP contribution in [0.5, 0.6) is 0 Å². The summed E-state index contributed by atoms with van der Waals surface area (Å²) in [5.41, 5.74) is 1.63. The third-order valence-corrected chi connectivity index (χ3v) is 2.98. The Balaban J connectivity index is 2.31. The molecule has 0 radical (unpaired) electrons. The fraction of sp³-hybridized carbons (Fsp3) is 0.562. The highest BCUT2D eigenvalue weighted by Crippen LogP contribution is 2.10. The number of hydrogen-bond donors (Lipinski definition) is 1. The summed E-state index contributed by atoms with van der Waals surface area (Å²) in [5, 5.41) is 3.08. The molecule has 0 aliphatic heterocycles. The molecule has 0 spiro atoms. The van der Waals surface area contributed by atoms with Gasteiger partial charge in [0.2, 0.25) is 0 Å². The van der Waals surface area contributed by atoms with E-state index in [0.29, 0.717) is 25.4 Å². The molecule has 1 aromatic rings. The van der Waals surface area contributed by atoms with Crippen LogP contribution in [0.25, 0.3) is 0 Å². The van der Waals surface area contributed by atoms with E-state index >= 15 is 0 Å². The summed E-state index contributed by atoms with van der Waals surface area (Å²) in [6.07, 6.45) is 1.65. The summed E-state index contributed by atoms with van der Waals surface area (Å²) in [4.78, 5) is 12.0. The second kappa shape index (κ2) is 11.3. The zero-order valence-electron chi connectivity index (χ0n) is 12.9. The maximum atomic E-state index is 12.0. The first-order chi connectivity index (χ1) is 10.3. The zero-order chi connectivity index (χ0) is 15.3. The van der Waals surface area contributed by atoms with Crippen LogP contribution < -0.4 is 5.32 Å². The minimum atomic E-state index is -0.290. The maximum absolute atomic E-state index is 12.0. The number of esters is 1. The van der Waals surface area contributed by atoms with Gasteiger partial charge < -0.3 is 19.5 Å². The predicted octanol–water partition coefficient (Wildman–Crippen LogP) is 1.66. The van der Waals surface area contributed by atoms with Crippen molar-refractivity contribution in [3.63, 3.8) is 0 Å². The topological polar surface area (TPSA) is 56.8 Å². The first-order valence-electron chi connectivity index (χ1n) is 7.26. The summed E-state index contributed by atoms with van der Waals surface area (Å²) in [6.45, 7) is 2.80. The molecule has 5 heteroatoms. The molecular formula is C16H25NO4. The molecule has 0 aliphatic rings. The number of carbonyl (C=O) groups is 1. The van der Waals surface area contributed by atoms with Crippen LogP contribution in [0.3, 0.4) is 0 Å². The van der Waals surface area contributed by atoms with E-state index < -0.39 is 0 Å². The molecule has 0 fully saturated rings. The smallest absolute Gasteiger partial charge is 0.338 e. The van der Waals surface area contributed by atoms with Crippen LogP contribution in [0.1, 0.15) is 22.3 Å². The fourth-order valence-corrected chi connectivity index (χ4v) is 1.88. The molecule has 0 aromatic heterocycles. The van der Waals surface area contributed by atoms with Crippen molar-refractivity contribution in [2.45, 2.75) is 12.8 Å². The number of likely N-dealkylation sites (N-methyl/N-ethyl adjacent to an activating group) is 1. The highest BCUT2D eigenvalue weighted by molar-refractivity contribution is 5.91. The van der Waals surface area contributed by atoms with E-state index in [1.54, 1.807) is 13.2 Å². The van der Waals surface area contributed by atoms with Crippen LogP contribution in [-0.2, 0) is 20.6 Å². The van der Waals surface area contributed by atoms with Crippen LogP contribution in [0.2, 0.25) is 0 Å². The maximum Gasteiger partial charge on any atom is 0.338 e. The van der Waals surface area contributed by atoms with Gasteiger partial charge in [-0.1, -0.05) is 18.2 Å². The van der Waals surface area contributed by atoms with Gasteiger partial charge in [-0.15, -0.1) is 0 Å². The third-order valence-electron chi connectivity index (χ3n) is 2.98. The lowest BCUT2D eigenvalue weighted by Crippen LogP contribution is -2.16. The van der Waals surface area contributed by atoms with Crippen molar-refractivity contribution in [2.24, 2.45) is 0 Å². The van der Waals surface area contributed by atoms with Gasteiger partial charge in [-0.25, -0.2) is 4.79 Å². The molecule has 0 saturated carbocycles. The molecule has 1 N–H and O–H groups in total. The molecule has 21 heavy (non-hydrogen) atoms. The standard InChI is InChI=1S/C16H25NO4/c1-17-9-8-14-6-3-4-7-15(14)16(18)21-13-12-20-11-5-10-19-2/h3-4,6-7,17H,5,8-13H2,1-2H3. The van der Waals surface area contributed by atoms with E-state index in [2.05, 4.69) is 5.32 Å². The van der Waals surface area contributed by atoms with Crippen LogP contribution in [0.4, 0.5) is 0 Å². The second-order valence-corrected chi connectivity index (χ2v) is 4.61.